The SMILES string of the molecule is CN(C)CCOCCOCCOCCOCCOCCOCCOCCOCCOCCOCCNc1cccc2c1C(=O)N(C1CCC(=O)NC1=O)C2=O. The highest BCUT2D eigenvalue weighted by Gasteiger charge is 2.45. The molecule has 18 heteroatoms. The summed E-state index contributed by atoms with van der Waals surface area (Å²) in [6, 6.07) is 3.91. The van der Waals surface area contributed by atoms with Crippen molar-refractivity contribution in [1.29, 1.82) is 0 Å². The maximum absolute atomic E-state index is 13.2. The molecule has 0 radical (unpaired) electrons. The van der Waals surface area contributed by atoms with E-state index in [2.05, 4.69) is 15.5 Å². The summed E-state index contributed by atoms with van der Waals surface area (Å²) in [6.45, 7) is 11.0. The van der Waals surface area contributed by atoms with Crippen molar-refractivity contribution >= 4 is 29.3 Å². The molecule has 1 aromatic rings. The molecule has 3 rings (SSSR count). The van der Waals surface area contributed by atoms with E-state index in [1.165, 1.54) is 0 Å². The maximum Gasteiger partial charge on any atom is 0.264 e. The number of rotatable bonds is 35. The predicted octanol–water partition coefficient (Wildman–Crippen LogP) is 0.227. The Morgan fingerprint density at radius 3 is 1.44 bits per heavy atom. The summed E-state index contributed by atoms with van der Waals surface area (Å²) >= 11 is 0. The van der Waals surface area contributed by atoms with Crippen molar-refractivity contribution in [2.75, 3.05) is 165 Å². The van der Waals surface area contributed by atoms with Crippen LogP contribution in [0.15, 0.2) is 18.2 Å². The van der Waals surface area contributed by atoms with Crippen LogP contribution in [-0.2, 0) is 57.0 Å². The molecule has 2 N–H and O–H groups in total. The molecular weight excluding hydrogens is 724 g/mol. The van der Waals surface area contributed by atoms with Gasteiger partial charge in [0.05, 0.1) is 143 Å². The van der Waals surface area contributed by atoms with E-state index in [9.17, 15) is 19.2 Å². The Morgan fingerprint density at radius 1 is 0.600 bits per heavy atom. The van der Waals surface area contributed by atoms with Gasteiger partial charge in [0.15, 0.2) is 0 Å². The second kappa shape index (κ2) is 29.1. The molecule has 2 aliphatic heterocycles. The van der Waals surface area contributed by atoms with E-state index in [-0.39, 0.29) is 24.0 Å². The number of likely N-dealkylation sites (N-methyl/N-ethyl adjacent to an activating group) is 1. The van der Waals surface area contributed by atoms with Crippen molar-refractivity contribution in [2.24, 2.45) is 0 Å². The van der Waals surface area contributed by atoms with E-state index in [1.807, 2.05) is 14.1 Å². The molecule has 2 heterocycles. The van der Waals surface area contributed by atoms with Crippen molar-refractivity contribution in [3.63, 3.8) is 0 Å². The average Bonchev–Trinajstić information content (AvgIpc) is 3.42. The molecule has 0 bridgehead atoms. The van der Waals surface area contributed by atoms with Crippen molar-refractivity contribution in [1.82, 2.24) is 15.1 Å². The van der Waals surface area contributed by atoms with Crippen LogP contribution in [0, 0.1) is 0 Å². The smallest absolute Gasteiger partial charge is 0.264 e. The number of amides is 4. The number of hydrogen-bond acceptors (Lipinski definition) is 16. The van der Waals surface area contributed by atoms with Crippen LogP contribution >= 0.6 is 0 Å². The van der Waals surface area contributed by atoms with Crippen LogP contribution in [0.3, 0.4) is 0 Å². The molecule has 1 saturated heterocycles. The van der Waals surface area contributed by atoms with Gasteiger partial charge in [-0.05, 0) is 32.6 Å². The number of anilines is 1. The van der Waals surface area contributed by atoms with E-state index in [4.69, 9.17) is 47.4 Å². The van der Waals surface area contributed by atoms with E-state index >= 15 is 0 Å². The van der Waals surface area contributed by atoms with Gasteiger partial charge in [0, 0.05) is 25.2 Å². The lowest BCUT2D eigenvalue weighted by molar-refractivity contribution is -0.136. The zero-order valence-corrected chi connectivity index (χ0v) is 32.4. The van der Waals surface area contributed by atoms with Gasteiger partial charge in [-0.15, -0.1) is 0 Å². The molecule has 2 aliphatic rings. The number of nitrogens with one attached hydrogen (secondary N) is 2. The minimum Gasteiger partial charge on any atom is -0.382 e. The van der Waals surface area contributed by atoms with E-state index in [0.717, 1.165) is 11.4 Å². The van der Waals surface area contributed by atoms with E-state index in [0.29, 0.717) is 144 Å². The van der Waals surface area contributed by atoms with Crippen molar-refractivity contribution < 1.29 is 66.5 Å². The molecule has 55 heavy (non-hydrogen) atoms. The van der Waals surface area contributed by atoms with Crippen LogP contribution in [0.2, 0.25) is 0 Å². The minimum atomic E-state index is -1.01. The van der Waals surface area contributed by atoms with Crippen LogP contribution < -0.4 is 10.6 Å². The molecule has 0 saturated carbocycles. The molecule has 312 valence electrons. The fourth-order valence-corrected chi connectivity index (χ4v) is 5.25. The quantitative estimate of drug-likeness (QED) is 0.0702. The molecule has 0 aliphatic carbocycles. The standard InChI is InChI=1S/C37H60N4O14/c1-40(2)9-11-47-13-15-49-17-19-51-21-23-53-25-27-55-29-28-54-26-24-52-22-20-50-18-16-48-14-12-46-10-8-38-31-5-3-4-30-34(31)37(45)41(36(30)44)32-6-7-33(42)39-35(32)43/h3-5,32,38H,6-29H2,1-2H3,(H,39,42,43). The second-order valence-electron chi connectivity index (χ2n) is 12.5. The molecule has 0 aromatic heterocycles. The molecular formula is C37H60N4O14. The lowest BCUT2D eigenvalue weighted by atomic mass is 10.0. The highest BCUT2D eigenvalue weighted by molar-refractivity contribution is 6.25. The summed E-state index contributed by atoms with van der Waals surface area (Å²) in [7, 11) is 4.02. The number of nitrogens with zero attached hydrogens (tertiary/aromatic N) is 2. The largest absolute Gasteiger partial charge is 0.382 e. The van der Waals surface area contributed by atoms with Gasteiger partial charge in [0.2, 0.25) is 11.8 Å². The number of benzene rings is 1. The first-order valence-corrected chi connectivity index (χ1v) is 18.9. The lowest BCUT2D eigenvalue weighted by Crippen LogP contribution is -2.54. The molecule has 4 amide bonds. The van der Waals surface area contributed by atoms with Crippen LogP contribution in [-0.4, -0.2) is 199 Å². The van der Waals surface area contributed by atoms with Gasteiger partial charge in [-0.25, -0.2) is 0 Å². The highest BCUT2D eigenvalue weighted by atomic mass is 16.6. The van der Waals surface area contributed by atoms with E-state index < -0.39 is 29.7 Å². The number of fused-ring (bicyclic) bond motifs is 1. The van der Waals surface area contributed by atoms with Gasteiger partial charge in [-0.3, -0.25) is 29.4 Å². The third-order valence-electron chi connectivity index (χ3n) is 8.06. The van der Waals surface area contributed by atoms with Crippen molar-refractivity contribution in [3.8, 4) is 0 Å². The normalized spacial score (nSPS) is 15.7. The van der Waals surface area contributed by atoms with E-state index in [1.54, 1.807) is 18.2 Å². The summed E-state index contributed by atoms with van der Waals surface area (Å²) in [5, 5.41) is 5.33. The van der Waals surface area contributed by atoms with Gasteiger partial charge in [0.1, 0.15) is 6.04 Å². The number of carbonyl (C=O) groups excluding carboxylic acids is 4. The van der Waals surface area contributed by atoms with Gasteiger partial charge in [0.25, 0.3) is 11.8 Å². The second-order valence-corrected chi connectivity index (χ2v) is 12.5. The van der Waals surface area contributed by atoms with Gasteiger partial charge in [-0.2, -0.15) is 0 Å². The number of ether oxygens (including phenoxy) is 10. The summed E-state index contributed by atoms with van der Waals surface area (Å²) in [6.07, 6.45) is 0.171. The topological polar surface area (TPSA) is 191 Å². The fourth-order valence-electron chi connectivity index (χ4n) is 5.25. The molecule has 1 fully saturated rings. The predicted molar refractivity (Wildman–Crippen MR) is 198 cm³/mol. The number of hydrogen-bond donors (Lipinski definition) is 2. The Labute approximate surface area is 323 Å². The first-order chi connectivity index (χ1) is 26.9. The number of carbonyl (C=O) groups is 4. The molecule has 1 aromatic carbocycles. The third kappa shape index (κ3) is 19.0. The summed E-state index contributed by atoms with van der Waals surface area (Å²) < 4.78 is 54.9. The molecule has 0 spiro atoms. The Morgan fingerprint density at radius 2 is 1.02 bits per heavy atom. The zero-order chi connectivity index (χ0) is 39.4. The summed E-state index contributed by atoms with van der Waals surface area (Å²) in [4.78, 5) is 52.9. The summed E-state index contributed by atoms with van der Waals surface area (Å²) in [5.74, 6) is -2.16. The average molecular weight is 785 g/mol. The van der Waals surface area contributed by atoms with Crippen LogP contribution in [0.5, 0.6) is 0 Å². The van der Waals surface area contributed by atoms with Gasteiger partial charge in [-0.1, -0.05) is 6.07 Å². The Balaban J connectivity index is 1.01. The van der Waals surface area contributed by atoms with Crippen LogP contribution in [0.25, 0.3) is 0 Å². The highest BCUT2D eigenvalue weighted by Crippen LogP contribution is 2.32. The van der Waals surface area contributed by atoms with Crippen LogP contribution in [0.4, 0.5) is 5.69 Å². The van der Waals surface area contributed by atoms with Gasteiger partial charge < -0.3 is 57.6 Å². The Bertz CT molecular complexity index is 1260. The Hall–Kier alpha value is -3.14. The number of imide groups is 2. The third-order valence-corrected chi connectivity index (χ3v) is 8.06. The zero-order valence-electron chi connectivity index (χ0n) is 32.4. The molecule has 1 unspecified atom stereocenters. The first-order valence-electron chi connectivity index (χ1n) is 18.9. The monoisotopic (exact) mass is 784 g/mol. The fraction of sp³-hybridized carbons (Fsp3) is 0.730. The number of piperidine rings is 1. The first kappa shape index (κ1) is 46.2. The maximum atomic E-state index is 13.2. The summed E-state index contributed by atoms with van der Waals surface area (Å²) in [5.41, 5.74) is 0.910. The lowest BCUT2D eigenvalue weighted by Gasteiger charge is -2.27. The van der Waals surface area contributed by atoms with Gasteiger partial charge >= 0.3 is 0 Å². The van der Waals surface area contributed by atoms with Crippen molar-refractivity contribution in [2.45, 2.75) is 18.9 Å². The Kier molecular flexibility index (Phi) is 24.5. The minimum absolute atomic E-state index is 0.0664. The molecule has 18 nitrogen and oxygen atoms in total. The van der Waals surface area contributed by atoms with Crippen molar-refractivity contribution in [3.05, 3.63) is 29.3 Å². The van der Waals surface area contributed by atoms with Crippen LogP contribution in [0.1, 0.15) is 33.6 Å². The molecule has 1 atom stereocenters.